The number of piperidine rings is 1. The molecule has 1 aliphatic heterocycles. The lowest BCUT2D eigenvalue weighted by atomic mass is 9.81. The highest BCUT2D eigenvalue weighted by atomic mass is 16.5. The van der Waals surface area contributed by atoms with Crippen LogP contribution in [0.3, 0.4) is 0 Å². The van der Waals surface area contributed by atoms with Crippen LogP contribution in [0.4, 0.5) is 4.79 Å². The molecule has 2 bridgehead atoms. The van der Waals surface area contributed by atoms with Gasteiger partial charge in [-0.05, 0) is 102 Å². The molecule has 3 aromatic carbocycles. The summed E-state index contributed by atoms with van der Waals surface area (Å²) in [5, 5.41) is 11.5. The number of fused-ring (bicyclic) bond motifs is 6. The van der Waals surface area contributed by atoms with Gasteiger partial charge in [0.2, 0.25) is 5.91 Å². The summed E-state index contributed by atoms with van der Waals surface area (Å²) in [4.78, 5) is 39.8. The molecule has 1 aromatic heterocycles. The maximum atomic E-state index is 13.6. The number of alkyl carbamates (subject to hydrolysis) is 1. The number of methoxy groups -OCH3 is 1. The second-order valence-corrected chi connectivity index (χ2v) is 15.2. The maximum absolute atomic E-state index is 13.6. The fourth-order valence-electron chi connectivity index (χ4n) is 9.02. The number of carbonyl (C=O) groups excluding carboxylic acids is 2. The van der Waals surface area contributed by atoms with Crippen molar-refractivity contribution in [2.75, 3.05) is 13.7 Å². The standard InChI is InChI=1S/C42H46N6O3/c1-23(2)40(47-42(50)51-4)41(49)48-32(18-31-19-37(31)48)20-44-21-35(43)27-9-5-25(6-10-27)33-15-16-34(39-30-14-13-29(17-30)38(33)39)26-7-11-28(12-8-26)36-22-45-24(3)46-36/h5-12,15-16,21-23,29-32,37,40,43H,13-14,17-20H2,1-4H3,(H,45,46)(H,47,50). The van der Waals surface area contributed by atoms with E-state index in [1.54, 1.807) is 6.21 Å². The third-order valence-electron chi connectivity index (χ3n) is 11.6. The van der Waals surface area contributed by atoms with E-state index in [4.69, 9.17) is 10.1 Å². The predicted octanol–water partition coefficient (Wildman–Crippen LogP) is 7.89. The minimum atomic E-state index is -0.642. The Balaban J connectivity index is 0.966. The molecule has 3 N–H and O–H groups in total. The average Bonchev–Trinajstić information content (AvgIpc) is 3.55. The number of hydrogen-bond donors (Lipinski definition) is 3. The lowest BCUT2D eigenvalue weighted by Crippen LogP contribution is -2.54. The summed E-state index contributed by atoms with van der Waals surface area (Å²) in [6, 6.07) is 21.3. The van der Waals surface area contributed by atoms with Crippen LogP contribution in [0.25, 0.3) is 33.5 Å². The summed E-state index contributed by atoms with van der Waals surface area (Å²) in [7, 11) is 1.31. The van der Waals surface area contributed by atoms with Crippen molar-refractivity contribution < 1.29 is 14.3 Å². The molecule has 9 nitrogen and oxygen atoms in total. The van der Waals surface area contributed by atoms with Crippen LogP contribution in [0, 0.1) is 24.2 Å². The third kappa shape index (κ3) is 6.17. The molecule has 0 radical (unpaired) electrons. The number of hydrogen-bond acceptors (Lipinski definition) is 6. The van der Waals surface area contributed by atoms with Gasteiger partial charge in [0, 0.05) is 17.8 Å². The monoisotopic (exact) mass is 682 g/mol. The Labute approximate surface area is 299 Å². The first-order chi connectivity index (χ1) is 24.7. The Morgan fingerprint density at radius 2 is 1.59 bits per heavy atom. The van der Waals surface area contributed by atoms with Gasteiger partial charge in [0.25, 0.3) is 0 Å². The van der Waals surface area contributed by atoms with Crippen molar-refractivity contribution in [2.24, 2.45) is 16.8 Å². The quantitative estimate of drug-likeness (QED) is 0.147. The van der Waals surface area contributed by atoms with Crippen molar-refractivity contribution in [3.63, 3.8) is 0 Å². The normalized spacial score (nSPS) is 23.4. The summed E-state index contributed by atoms with van der Waals surface area (Å²) in [5.41, 5.74) is 11.5. The van der Waals surface area contributed by atoms with Gasteiger partial charge in [-0.25, -0.2) is 9.78 Å². The van der Waals surface area contributed by atoms with Gasteiger partial charge in [0.1, 0.15) is 11.9 Å². The summed E-state index contributed by atoms with van der Waals surface area (Å²) in [6.45, 7) is 6.26. The van der Waals surface area contributed by atoms with Crippen LogP contribution in [0.2, 0.25) is 0 Å². The number of nitrogens with zero attached hydrogens (tertiary/aromatic N) is 3. The number of amides is 2. The number of rotatable bonds is 10. The summed E-state index contributed by atoms with van der Waals surface area (Å²) in [6.07, 6.45) is 8.56. The Morgan fingerprint density at radius 1 is 0.961 bits per heavy atom. The van der Waals surface area contributed by atoms with Crippen molar-refractivity contribution in [1.82, 2.24) is 20.2 Å². The molecule has 3 fully saturated rings. The third-order valence-corrected chi connectivity index (χ3v) is 11.6. The number of imidazole rings is 1. The zero-order chi connectivity index (χ0) is 35.4. The van der Waals surface area contributed by atoms with Gasteiger partial charge in [0.05, 0.1) is 37.3 Å². The van der Waals surface area contributed by atoms with Crippen LogP contribution in [0.15, 0.2) is 71.9 Å². The minimum Gasteiger partial charge on any atom is -0.453 e. The molecule has 262 valence electrons. The first kappa shape index (κ1) is 33.1. The topological polar surface area (TPSA) is 124 Å². The molecule has 6 unspecified atom stereocenters. The maximum Gasteiger partial charge on any atom is 0.407 e. The Hall–Kier alpha value is -5.05. The number of H-pyrrole nitrogens is 1. The molecule has 8 rings (SSSR count). The zero-order valence-corrected chi connectivity index (χ0v) is 29.8. The van der Waals surface area contributed by atoms with Crippen molar-refractivity contribution in [3.05, 3.63) is 89.4 Å². The van der Waals surface area contributed by atoms with Gasteiger partial charge in [-0.15, -0.1) is 0 Å². The molecular weight excluding hydrogens is 637 g/mol. The van der Waals surface area contributed by atoms with Crippen LogP contribution in [-0.4, -0.2) is 70.6 Å². The molecular formula is C42H46N6O3. The van der Waals surface area contributed by atoms with Crippen LogP contribution in [0.1, 0.15) is 80.3 Å². The number of aryl methyl sites for hydroxylation is 1. The summed E-state index contributed by atoms with van der Waals surface area (Å²) < 4.78 is 4.77. The largest absolute Gasteiger partial charge is 0.453 e. The number of carbonyl (C=O) groups is 2. The van der Waals surface area contributed by atoms with E-state index >= 15 is 0 Å². The zero-order valence-electron chi connectivity index (χ0n) is 29.8. The molecule has 51 heavy (non-hydrogen) atoms. The first-order valence-electron chi connectivity index (χ1n) is 18.3. The SMILES string of the molecule is COC(=O)NC(C(=O)N1C(CN=CC(=N)c2ccc(-c3ccc(-c4ccc(-c5cnc(C)[nH]5)cc4)c4c3C3CCC4C3)cc2)CC2CC21)C(C)C. The molecule has 2 heterocycles. The highest BCUT2D eigenvalue weighted by molar-refractivity contribution is 6.36. The second-order valence-electron chi connectivity index (χ2n) is 15.2. The number of aromatic amines is 1. The summed E-state index contributed by atoms with van der Waals surface area (Å²) in [5.74, 6) is 2.47. The van der Waals surface area contributed by atoms with Gasteiger partial charge in [-0.3, -0.25) is 15.2 Å². The molecule has 3 aliphatic carbocycles. The average molecular weight is 683 g/mol. The molecule has 2 amide bonds. The molecule has 0 spiro atoms. The van der Waals surface area contributed by atoms with Crippen molar-refractivity contribution in [1.29, 1.82) is 5.41 Å². The van der Waals surface area contributed by atoms with Gasteiger partial charge in [0.15, 0.2) is 0 Å². The summed E-state index contributed by atoms with van der Waals surface area (Å²) >= 11 is 0. The highest BCUT2D eigenvalue weighted by Crippen LogP contribution is 2.58. The Morgan fingerprint density at radius 3 is 2.18 bits per heavy atom. The predicted molar refractivity (Wildman–Crippen MR) is 200 cm³/mol. The number of ether oxygens (including phenoxy) is 1. The van der Waals surface area contributed by atoms with Gasteiger partial charge >= 0.3 is 6.09 Å². The first-order valence-corrected chi connectivity index (χ1v) is 18.3. The lowest BCUT2D eigenvalue weighted by molar-refractivity contribution is -0.136. The molecule has 4 aliphatic rings. The van der Waals surface area contributed by atoms with Crippen molar-refractivity contribution in [3.8, 4) is 33.5 Å². The molecule has 2 saturated carbocycles. The smallest absolute Gasteiger partial charge is 0.407 e. The number of aromatic nitrogens is 2. The van der Waals surface area contributed by atoms with Crippen molar-refractivity contribution in [2.45, 2.75) is 82.8 Å². The number of likely N-dealkylation sites (tertiary alicyclic amines) is 1. The van der Waals surface area contributed by atoms with E-state index in [2.05, 4.69) is 68.8 Å². The van der Waals surface area contributed by atoms with Gasteiger partial charge in [-0.1, -0.05) is 74.5 Å². The molecule has 6 atom stereocenters. The van der Waals surface area contributed by atoms with E-state index in [1.165, 1.54) is 59.8 Å². The number of benzene rings is 3. The van der Waals surface area contributed by atoms with E-state index in [0.29, 0.717) is 30.0 Å². The number of aliphatic imine (C=N–C) groups is 1. The van der Waals surface area contributed by atoms with Crippen LogP contribution in [-0.2, 0) is 9.53 Å². The lowest BCUT2D eigenvalue weighted by Gasteiger charge is -2.32. The van der Waals surface area contributed by atoms with Crippen LogP contribution < -0.4 is 5.32 Å². The van der Waals surface area contributed by atoms with Crippen LogP contribution >= 0.6 is 0 Å². The van der Waals surface area contributed by atoms with Crippen LogP contribution in [0.5, 0.6) is 0 Å². The second kappa shape index (κ2) is 13.2. The van der Waals surface area contributed by atoms with Crippen molar-refractivity contribution >= 4 is 23.9 Å². The molecule has 1 saturated heterocycles. The van der Waals surface area contributed by atoms with E-state index in [9.17, 15) is 9.59 Å². The number of nitrogens with one attached hydrogen (secondary N) is 3. The van der Waals surface area contributed by atoms with E-state index < -0.39 is 12.1 Å². The molecule has 4 aromatic rings. The van der Waals surface area contributed by atoms with E-state index in [-0.39, 0.29) is 23.9 Å². The Kier molecular flexibility index (Phi) is 8.60. The minimum absolute atomic E-state index is 0.0349. The highest BCUT2D eigenvalue weighted by Gasteiger charge is 2.55. The fourth-order valence-corrected chi connectivity index (χ4v) is 9.02. The van der Waals surface area contributed by atoms with Gasteiger partial charge in [-0.2, -0.15) is 0 Å². The molecule has 9 heteroatoms. The van der Waals surface area contributed by atoms with E-state index in [1.807, 2.05) is 44.0 Å². The van der Waals surface area contributed by atoms with E-state index in [0.717, 1.165) is 35.5 Å². The van der Waals surface area contributed by atoms with Gasteiger partial charge < -0.3 is 19.9 Å². The fraction of sp³-hybridized carbons (Fsp3) is 0.405. The Bertz CT molecular complexity index is 2010.